The van der Waals surface area contributed by atoms with Gasteiger partial charge in [-0.1, -0.05) is 18.2 Å². The zero-order valence-corrected chi connectivity index (χ0v) is 18.0. The minimum Gasteiger partial charge on any atom is -0.451 e. The molecular weight excluding hydrogens is 443 g/mol. The summed E-state index contributed by atoms with van der Waals surface area (Å²) in [7, 11) is -3.76. The van der Waals surface area contributed by atoms with Crippen LogP contribution in [0.2, 0.25) is 0 Å². The lowest BCUT2D eigenvalue weighted by Crippen LogP contribution is -2.51. The maximum atomic E-state index is 13.1. The molecule has 3 aromatic rings. The first-order valence-corrected chi connectivity index (χ1v) is 11.8. The third-order valence-corrected chi connectivity index (χ3v) is 8.01. The average Bonchev–Trinajstić information content (AvgIpc) is 3.22. The SMILES string of the molecule is O=C(OCC(=O)N1CCN(S(=O)(=O)c2ccc(F)cc2)CC1)c1cc2ccccc2s1. The van der Waals surface area contributed by atoms with Crippen LogP contribution >= 0.6 is 11.3 Å². The van der Waals surface area contributed by atoms with E-state index in [0.29, 0.717) is 4.88 Å². The van der Waals surface area contributed by atoms with Crippen LogP contribution < -0.4 is 0 Å². The molecule has 0 bridgehead atoms. The van der Waals surface area contributed by atoms with Gasteiger partial charge in [0.05, 0.1) is 4.90 Å². The van der Waals surface area contributed by atoms with Crippen LogP contribution in [-0.2, 0) is 19.6 Å². The van der Waals surface area contributed by atoms with Crippen molar-refractivity contribution in [3.8, 4) is 0 Å². The van der Waals surface area contributed by atoms with Gasteiger partial charge in [0.2, 0.25) is 10.0 Å². The quantitative estimate of drug-likeness (QED) is 0.545. The van der Waals surface area contributed by atoms with Gasteiger partial charge in [-0.2, -0.15) is 4.31 Å². The Morgan fingerprint density at radius 2 is 1.68 bits per heavy atom. The molecule has 1 aliphatic heterocycles. The predicted octanol–water partition coefficient (Wildman–Crippen LogP) is 2.73. The Balaban J connectivity index is 1.31. The number of rotatable bonds is 5. The van der Waals surface area contributed by atoms with Crippen LogP contribution in [0.25, 0.3) is 10.1 Å². The van der Waals surface area contributed by atoms with E-state index in [-0.39, 0.29) is 37.0 Å². The number of ether oxygens (including phenoxy) is 1. The summed E-state index contributed by atoms with van der Waals surface area (Å²) in [5, 5.41) is 0.935. The molecule has 1 aromatic heterocycles. The van der Waals surface area contributed by atoms with E-state index in [1.54, 1.807) is 6.07 Å². The largest absolute Gasteiger partial charge is 0.451 e. The Kier molecular flexibility index (Phi) is 6.03. The number of esters is 1. The van der Waals surface area contributed by atoms with E-state index in [4.69, 9.17) is 4.74 Å². The monoisotopic (exact) mass is 462 g/mol. The van der Waals surface area contributed by atoms with Gasteiger partial charge < -0.3 is 9.64 Å². The molecule has 0 radical (unpaired) electrons. The van der Waals surface area contributed by atoms with Crippen molar-refractivity contribution in [1.82, 2.24) is 9.21 Å². The van der Waals surface area contributed by atoms with Crippen molar-refractivity contribution in [3.05, 3.63) is 65.3 Å². The first-order valence-electron chi connectivity index (χ1n) is 9.54. The summed E-state index contributed by atoms with van der Waals surface area (Å²) < 4.78 is 45.7. The topological polar surface area (TPSA) is 84.0 Å². The molecule has 0 spiro atoms. The molecule has 0 unspecified atom stereocenters. The smallest absolute Gasteiger partial charge is 0.348 e. The second-order valence-electron chi connectivity index (χ2n) is 6.96. The Bertz CT molecular complexity index is 1180. The summed E-state index contributed by atoms with van der Waals surface area (Å²) >= 11 is 1.30. The molecule has 1 aliphatic rings. The number of nitrogens with zero attached hydrogens (tertiary/aromatic N) is 2. The molecule has 1 saturated heterocycles. The normalized spacial score (nSPS) is 15.2. The van der Waals surface area contributed by atoms with Gasteiger partial charge in [-0.05, 0) is 41.8 Å². The number of fused-ring (bicyclic) bond motifs is 1. The lowest BCUT2D eigenvalue weighted by atomic mass is 10.2. The molecule has 2 heterocycles. The fourth-order valence-electron chi connectivity index (χ4n) is 3.31. The number of amides is 1. The molecule has 1 amide bonds. The maximum Gasteiger partial charge on any atom is 0.348 e. The van der Waals surface area contributed by atoms with E-state index in [9.17, 15) is 22.4 Å². The molecule has 7 nitrogen and oxygen atoms in total. The lowest BCUT2D eigenvalue weighted by molar-refractivity contribution is -0.135. The summed E-state index contributed by atoms with van der Waals surface area (Å²) in [6, 6.07) is 13.9. The number of hydrogen-bond acceptors (Lipinski definition) is 6. The highest BCUT2D eigenvalue weighted by atomic mass is 32.2. The average molecular weight is 463 g/mol. The van der Waals surface area contributed by atoms with Crippen LogP contribution in [0.1, 0.15) is 9.67 Å². The summed E-state index contributed by atoms with van der Waals surface area (Å²) in [5.41, 5.74) is 0. The fraction of sp³-hybridized carbons (Fsp3) is 0.238. The van der Waals surface area contributed by atoms with E-state index >= 15 is 0 Å². The van der Waals surface area contributed by atoms with Crippen molar-refractivity contribution in [2.75, 3.05) is 32.8 Å². The third-order valence-electron chi connectivity index (χ3n) is 5.00. The Hall–Kier alpha value is -2.82. The Morgan fingerprint density at radius 1 is 1.00 bits per heavy atom. The van der Waals surface area contributed by atoms with Crippen LogP contribution in [0.15, 0.2) is 59.5 Å². The van der Waals surface area contributed by atoms with Crippen molar-refractivity contribution < 1.29 is 27.1 Å². The third kappa shape index (κ3) is 4.60. The number of halogens is 1. The summed E-state index contributed by atoms with van der Waals surface area (Å²) in [6.07, 6.45) is 0. The molecule has 31 heavy (non-hydrogen) atoms. The maximum absolute atomic E-state index is 13.1. The number of benzene rings is 2. The number of sulfonamides is 1. The standard InChI is InChI=1S/C21H19FN2O5S2/c22-16-5-7-17(8-6-16)31(27,28)24-11-9-23(10-12-24)20(25)14-29-21(26)19-13-15-3-1-2-4-18(15)30-19/h1-8,13H,9-12,14H2. The lowest BCUT2D eigenvalue weighted by Gasteiger charge is -2.33. The molecule has 2 aromatic carbocycles. The number of carbonyl (C=O) groups is 2. The van der Waals surface area contributed by atoms with Crippen LogP contribution in [0.5, 0.6) is 0 Å². The van der Waals surface area contributed by atoms with Gasteiger partial charge in [-0.3, -0.25) is 4.79 Å². The minimum atomic E-state index is -3.76. The van der Waals surface area contributed by atoms with Crippen LogP contribution in [0, 0.1) is 5.82 Å². The van der Waals surface area contributed by atoms with E-state index < -0.39 is 28.4 Å². The van der Waals surface area contributed by atoms with Gasteiger partial charge in [-0.25, -0.2) is 17.6 Å². The number of carbonyl (C=O) groups excluding carboxylic acids is 2. The molecule has 0 atom stereocenters. The Labute approximate surface area is 182 Å². The van der Waals surface area contributed by atoms with Gasteiger partial charge in [-0.15, -0.1) is 11.3 Å². The molecular formula is C21H19FN2O5S2. The second-order valence-corrected chi connectivity index (χ2v) is 9.99. The van der Waals surface area contributed by atoms with E-state index in [0.717, 1.165) is 22.2 Å². The summed E-state index contributed by atoms with van der Waals surface area (Å²) in [6.45, 7) is 0.169. The first-order chi connectivity index (χ1) is 14.8. The van der Waals surface area contributed by atoms with Gasteiger partial charge in [0.25, 0.3) is 5.91 Å². The minimum absolute atomic E-state index is 0.00550. The molecule has 1 fully saturated rings. The number of piperazine rings is 1. The number of thiophene rings is 1. The zero-order valence-electron chi connectivity index (χ0n) is 16.4. The van der Waals surface area contributed by atoms with Crippen molar-refractivity contribution in [2.24, 2.45) is 0 Å². The van der Waals surface area contributed by atoms with Crippen LogP contribution in [0.4, 0.5) is 4.39 Å². The van der Waals surface area contributed by atoms with Gasteiger partial charge in [0, 0.05) is 30.9 Å². The van der Waals surface area contributed by atoms with E-state index in [1.165, 1.54) is 32.7 Å². The van der Waals surface area contributed by atoms with Crippen molar-refractivity contribution >= 4 is 43.3 Å². The molecule has 4 rings (SSSR count). The van der Waals surface area contributed by atoms with Crippen molar-refractivity contribution in [3.63, 3.8) is 0 Å². The van der Waals surface area contributed by atoms with Crippen molar-refractivity contribution in [2.45, 2.75) is 4.90 Å². The highest BCUT2D eigenvalue weighted by molar-refractivity contribution is 7.89. The fourth-order valence-corrected chi connectivity index (χ4v) is 5.68. The van der Waals surface area contributed by atoms with Gasteiger partial charge in [0.1, 0.15) is 10.7 Å². The predicted molar refractivity (Wildman–Crippen MR) is 114 cm³/mol. The molecule has 0 saturated carbocycles. The summed E-state index contributed by atoms with van der Waals surface area (Å²) in [5.74, 6) is -1.46. The Morgan fingerprint density at radius 3 is 2.35 bits per heavy atom. The van der Waals surface area contributed by atoms with E-state index in [2.05, 4.69) is 0 Å². The second kappa shape index (κ2) is 8.74. The molecule has 0 aliphatic carbocycles. The highest BCUT2D eigenvalue weighted by Crippen LogP contribution is 2.25. The zero-order chi connectivity index (χ0) is 22.0. The highest BCUT2D eigenvalue weighted by Gasteiger charge is 2.30. The van der Waals surface area contributed by atoms with Crippen LogP contribution in [0.3, 0.4) is 0 Å². The number of hydrogen-bond donors (Lipinski definition) is 0. The molecule has 10 heteroatoms. The molecule has 0 N–H and O–H groups in total. The molecule has 162 valence electrons. The van der Waals surface area contributed by atoms with E-state index in [1.807, 2.05) is 24.3 Å². The summed E-state index contributed by atoms with van der Waals surface area (Å²) in [4.78, 5) is 26.6. The first kappa shape index (κ1) is 21.4. The van der Waals surface area contributed by atoms with Crippen LogP contribution in [-0.4, -0.2) is 62.3 Å². The van der Waals surface area contributed by atoms with Gasteiger partial charge >= 0.3 is 5.97 Å². The van der Waals surface area contributed by atoms with Gasteiger partial charge in [0.15, 0.2) is 6.61 Å². The van der Waals surface area contributed by atoms with Crippen molar-refractivity contribution in [1.29, 1.82) is 0 Å².